The minimum Gasteiger partial charge on any atom is -0.497 e. The number of aryl methyl sites for hydroxylation is 1. The van der Waals surface area contributed by atoms with Crippen molar-refractivity contribution in [1.29, 1.82) is 0 Å². The van der Waals surface area contributed by atoms with E-state index in [0.29, 0.717) is 27.0 Å². The zero-order valence-corrected chi connectivity index (χ0v) is 18.3. The standard InChI is InChI=1S/C22H21ClN2O4S/c1-4-29-21(26)19-18(14-5-11-17(28-3)12-6-14)13(2)30-20(19)25-22(27)24-16-9-7-15(23)8-10-16/h5-12H,4H2,1-3H3,(H2,24,25,27). The van der Waals surface area contributed by atoms with E-state index in [4.69, 9.17) is 21.1 Å². The normalized spacial score (nSPS) is 10.4. The number of esters is 1. The Balaban J connectivity index is 1.94. The number of hydrogen-bond donors (Lipinski definition) is 2. The minimum absolute atomic E-state index is 0.228. The lowest BCUT2D eigenvalue weighted by Gasteiger charge is -2.10. The molecule has 0 saturated carbocycles. The zero-order valence-electron chi connectivity index (χ0n) is 16.7. The summed E-state index contributed by atoms with van der Waals surface area (Å²) in [6, 6.07) is 13.7. The van der Waals surface area contributed by atoms with Crippen LogP contribution in [-0.4, -0.2) is 25.7 Å². The molecule has 3 aromatic rings. The highest BCUT2D eigenvalue weighted by atomic mass is 35.5. The van der Waals surface area contributed by atoms with Gasteiger partial charge in [0, 0.05) is 21.2 Å². The first-order valence-electron chi connectivity index (χ1n) is 9.21. The lowest BCUT2D eigenvalue weighted by molar-refractivity contribution is 0.0529. The monoisotopic (exact) mass is 444 g/mol. The van der Waals surface area contributed by atoms with Crippen molar-refractivity contribution in [3.63, 3.8) is 0 Å². The molecular weight excluding hydrogens is 424 g/mol. The van der Waals surface area contributed by atoms with Gasteiger partial charge in [0.2, 0.25) is 0 Å². The molecule has 0 saturated heterocycles. The van der Waals surface area contributed by atoms with Crippen molar-refractivity contribution in [2.75, 3.05) is 24.4 Å². The van der Waals surface area contributed by atoms with Crippen molar-refractivity contribution in [1.82, 2.24) is 0 Å². The van der Waals surface area contributed by atoms with E-state index < -0.39 is 12.0 Å². The molecule has 6 nitrogen and oxygen atoms in total. The number of anilines is 2. The van der Waals surface area contributed by atoms with E-state index in [2.05, 4.69) is 10.6 Å². The van der Waals surface area contributed by atoms with Crippen LogP contribution in [0.4, 0.5) is 15.5 Å². The van der Waals surface area contributed by atoms with Crippen molar-refractivity contribution in [3.8, 4) is 16.9 Å². The Hall–Kier alpha value is -3.03. The van der Waals surface area contributed by atoms with E-state index in [1.165, 1.54) is 11.3 Å². The first-order valence-corrected chi connectivity index (χ1v) is 10.4. The van der Waals surface area contributed by atoms with E-state index in [0.717, 1.165) is 16.0 Å². The van der Waals surface area contributed by atoms with Gasteiger partial charge in [-0.1, -0.05) is 23.7 Å². The predicted octanol–water partition coefficient (Wildman–Crippen LogP) is 6.21. The van der Waals surface area contributed by atoms with Gasteiger partial charge in [0.05, 0.1) is 13.7 Å². The van der Waals surface area contributed by atoms with E-state index in [1.54, 1.807) is 38.3 Å². The third-order valence-electron chi connectivity index (χ3n) is 4.27. The Morgan fingerprint density at radius 2 is 1.70 bits per heavy atom. The summed E-state index contributed by atoms with van der Waals surface area (Å²) in [5, 5.41) is 6.50. The van der Waals surface area contributed by atoms with E-state index >= 15 is 0 Å². The highest BCUT2D eigenvalue weighted by Crippen LogP contribution is 2.41. The SMILES string of the molecule is CCOC(=O)c1c(NC(=O)Nc2ccc(Cl)cc2)sc(C)c1-c1ccc(OC)cc1. The average Bonchev–Trinajstić information content (AvgIpc) is 3.05. The maximum atomic E-state index is 12.7. The molecule has 0 fully saturated rings. The number of ether oxygens (including phenoxy) is 2. The zero-order chi connectivity index (χ0) is 21.7. The quantitative estimate of drug-likeness (QED) is 0.443. The van der Waals surface area contributed by atoms with E-state index in [9.17, 15) is 9.59 Å². The third-order valence-corrected chi connectivity index (χ3v) is 5.54. The molecule has 0 aliphatic heterocycles. The average molecular weight is 445 g/mol. The molecule has 2 aromatic carbocycles. The Morgan fingerprint density at radius 3 is 2.30 bits per heavy atom. The fourth-order valence-corrected chi connectivity index (χ4v) is 4.12. The summed E-state index contributed by atoms with van der Waals surface area (Å²) in [4.78, 5) is 26.1. The number of carbonyl (C=O) groups is 2. The Labute approximate surface area is 183 Å². The lowest BCUT2D eigenvalue weighted by atomic mass is 10.0. The second-order valence-corrected chi connectivity index (χ2v) is 7.93. The van der Waals surface area contributed by atoms with E-state index in [-0.39, 0.29) is 6.61 Å². The number of rotatable bonds is 6. The number of hydrogen-bond acceptors (Lipinski definition) is 5. The van der Waals surface area contributed by atoms with Crippen LogP contribution in [0.1, 0.15) is 22.2 Å². The van der Waals surface area contributed by atoms with Gasteiger partial charge in [-0.2, -0.15) is 0 Å². The number of thiophene rings is 1. The number of carbonyl (C=O) groups excluding carboxylic acids is 2. The maximum Gasteiger partial charge on any atom is 0.341 e. The Kier molecular flexibility index (Phi) is 6.97. The number of urea groups is 1. The van der Waals surface area contributed by atoms with Crippen molar-refractivity contribution in [2.45, 2.75) is 13.8 Å². The molecule has 1 heterocycles. The topological polar surface area (TPSA) is 76.7 Å². The van der Waals surface area contributed by atoms with Gasteiger partial charge in [0.1, 0.15) is 16.3 Å². The summed E-state index contributed by atoms with van der Waals surface area (Å²) < 4.78 is 10.5. The molecule has 0 bridgehead atoms. The van der Waals surface area contributed by atoms with Crippen molar-refractivity contribution in [3.05, 3.63) is 64.0 Å². The van der Waals surface area contributed by atoms with Crippen LogP contribution >= 0.6 is 22.9 Å². The Morgan fingerprint density at radius 1 is 1.03 bits per heavy atom. The van der Waals surface area contributed by atoms with Crippen LogP contribution in [0.25, 0.3) is 11.1 Å². The molecule has 1 aromatic heterocycles. The van der Waals surface area contributed by atoms with Gasteiger partial charge < -0.3 is 14.8 Å². The molecule has 0 spiro atoms. The minimum atomic E-state index is -0.491. The highest BCUT2D eigenvalue weighted by molar-refractivity contribution is 7.17. The summed E-state index contributed by atoms with van der Waals surface area (Å²) in [6.45, 7) is 3.87. The molecule has 2 amide bonds. The van der Waals surface area contributed by atoms with Crippen LogP contribution in [0, 0.1) is 6.92 Å². The van der Waals surface area contributed by atoms with Crippen molar-refractivity contribution in [2.24, 2.45) is 0 Å². The maximum absolute atomic E-state index is 12.7. The van der Waals surface area contributed by atoms with Gasteiger partial charge in [-0.25, -0.2) is 9.59 Å². The first kappa shape index (κ1) is 21.7. The van der Waals surface area contributed by atoms with Crippen LogP contribution in [0.5, 0.6) is 5.75 Å². The van der Waals surface area contributed by atoms with E-state index in [1.807, 2.05) is 31.2 Å². The summed E-state index contributed by atoms with van der Waals surface area (Å²) in [5.41, 5.74) is 2.47. The fourth-order valence-electron chi connectivity index (χ4n) is 2.93. The predicted molar refractivity (Wildman–Crippen MR) is 121 cm³/mol. The molecule has 0 unspecified atom stereocenters. The molecule has 156 valence electrons. The van der Waals surface area contributed by atoms with Crippen molar-refractivity contribution >= 4 is 45.6 Å². The van der Waals surface area contributed by atoms with Gasteiger partial charge in [-0.05, 0) is 55.8 Å². The first-order chi connectivity index (χ1) is 14.4. The van der Waals surface area contributed by atoms with Gasteiger partial charge in [0.15, 0.2) is 0 Å². The Bertz CT molecular complexity index is 1050. The molecule has 8 heteroatoms. The van der Waals surface area contributed by atoms with Gasteiger partial charge in [-0.3, -0.25) is 5.32 Å². The van der Waals surface area contributed by atoms with Gasteiger partial charge in [-0.15, -0.1) is 11.3 Å². The molecule has 30 heavy (non-hydrogen) atoms. The molecule has 2 N–H and O–H groups in total. The van der Waals surface area contributed by atoms with Crippen LogP contribution in [0.2, 0.25) is 5.02 Å². The third kappa shape index (κ3) is 4.93. The molecule has 0 radical (unpaired) electrons. The summed E-state index contributed by atoms with van der Waals surface area (Å²) in [7, 11) is 1.59. The molecule has 0 atom stereocenters. The second-order valence-electron chi connectivity index (χ2n) is 6.27. The number of amides is 2. The molecular formula is C22H21ClN2O4S. The van der Waals surface area contributed by atoms with Crippen LogP contribution in [0.3, 0.4) is 0 Å². The molecule has 3 rings (SSSR count). The summed E-state index contributed by atoms with van der Waals surface area (Å²) in [6.07, 6.45) is 0. The number of nitrogens with one attached hydrogen (secondary N) is 2. The van der Waals surface area contributed by atoms with Gasteiger partial charge >= 0.3 is 12.0 Å². The number of methoxy groups -OCH3 is 1. The number of halogens is 1. The smallest absolute Gasteiger partial charge is 0.341 e. The largest absolute Gasteiger partial charge is 0.497 e. The fraction of sp³-hybridized carbons (Fsp3) is 0.182. The second kappa shape index (κ2) is 9.65. The highest BCUT2D eigenvalue weighted by Gasteiger charge is 2.25. The van der Waals surface area contributed by atoms with Crippen LogP contribution in [0.15, 0.2) is 48.5 Å². The van der Waals surface area contributed by atoms with Crippen LogP contribution < -0.4 is 15.4 Å². The molecule has 0 aliphatic rings. The van der Waals surface area contributed by atoms with Crippen molar-refractivity contribution < 1.29 is 19.1 Å². The van der Waals surface area contributed by atoms with Gasteiger partial charge in [0.25, 0.3) is 0 Å². The summed E-state index contributed by atoms with van der Waals surface area (Å²) in [5.74, 6) is 0.222. The lowest BCUT2D eigenvalue weighted by Crippen LogP contribution is -2.20. The summed E-state index contributed by atoms with van der Waals surface area (Å²) >= 11 is 7.19. The molecule has 0 aliphatic carbocycles. The number of benzene rings is 2. The van der Waals surface area contributed by atoms with Crippen LogP contribution in [-0.2, 0) is 4.74 Å².